The predicted octanol–water partition coefficient (Wildman–Crippen LogP) is 4.84. The van der Waals surface area contributed by atoms with Gasteiger partial charge in [-0.05, 0) is 55.4 Å². The molecule has 124 valence electrons. The van der Waals surface area contributed by atoms with Crippen LogP contribution in [0.4, 0.5) is 0 Å². The molecule has 2 aromatic rings. The van der Waals surface area contributed by atoms with Crippen LogP contribution in [0.1, 0.15) is 44.8 Å². The Morgan fingerprint density at radius 1 is 1.21 bits per heavy atom. The third kappa shape index (κ3) is 3.17. The van der Waals surface area contributed by atoms with E-state index in [1.807, 2.05) is 17.4 Å². The van der Waals surface area contributed by atoms with E-state index >= 15 is 0 Å². The van der Waals surface area contributed by atoms with E-state index in [0.29, 0.717) is 6.54 Å². The molecule has 0 unspecified atom stereocenters. The van der Waals surface area contributed by atoms with Gasteiger partial charge in [0, 0.05) is 22.1 Å². The zero-order valence-corrected chi connectivity index (χ0v) is 15.5. The Bertz CT molecular complexity index is 819. The Labute approximate surface area is 151 Å². The van der Waals surface area contributed by atoms with Crippen LogP contribution in [0.2, 0.25) is 0 Å². The smallest absolute Gasteiger partial charge is 0.258 e. The summed E-state index contributed by atoms with van der Waals surface area (Å²) in [6, 6.07) is 8.29. The average Bonchev–Trinajstić information content (AvgIpc) is 2.97. The van der Waals surface area contributed by atoms with E-state index < -0.39 is 0 Å². The summed E-state index contributed by atoms with van der Waals surface area (Å²) in [6.45, 7) is 2.66. The van der Waals surface area contributed by atoms with Crippen LogP contribution < -0.4 is 5.32 Å². The Hall–Kier alpha value is -1.52. The molecule has 0 spiro atoms. The fourth-order valence-corrected chi connectivity index (χ4v) is 6.02. The van der Waals surface area contributed by atoms with Crippen LogP contribution in [0.15, 0.2) is 29.2 Å². The molecule has 1 aromatic carbocycles. The van der Waals surface area contributed by atoms with Crippen molar-refractivity contribution < 1.29 is 4.79 Å². The van der Waals surface area contributed by atoms with Gasteiger partial charge in [0.2, 0.25) is 0 Å². The predicted molar refractivity (Wildman–Crippen MR) is 103 cm³/mol. The van der Waals surface area contributed by atoms with E-state index in [1.54, 1.807) is 22.2 Å². The van der Waals surface area contributed by atoms with E-state index in [9.17, 15) is 4.79 Å². The summed E-state index contributed by atoms with van der Waals surface area (Å²) >= 11 is 3.59. The number of hydrogen-bond donors (Lipinski definition) is 1. The molecule has 0 fully saturated rings. The van der Waals surface area contributed by atoms with E-state index in [1.165, 1.54) is 41.7 Å². The normalized spacial score (nSPS) is 16.1. The summed E-state index contributed by atoms with van der Waals surface area (Å²) < 4.78 is 0. The molecule has 0 saturated carbocycles. The minimum absolute atomic E-state index is 0.0542. The maximum Gasteiger partial charge on any atom is 0.258 e. The molecule has 1 aliphatic carbocycles. The zero-order valence-electron chi connectivity index (χ0n) is 13.9. The molecule has 0 bridgehead atoms. The van der Waals surface area contributed by atoms with Gasteiger partial charge in [0.05, 0.1) is 4.91 Å². The summed E-state index contributed by atoms with van der Waals surface area (Å²) in [5, 5.41) is 3.07. The third-order valence-corrected chi connectivity index (χ3v) is 7.03. The average molecular weight is 356 g/mol. The van der Waals surface area contributed by atoms with Crippen LogP contribution in [0.3, 0.4) is 0 Å². The maximum atomic E-state index is 12.5. The van der Waals surface area contributed by atoms with Crippen LogP contribution >= 0.6 is 23.1 Å². The Morgan fingerprint density at radius 2 is 2.08 bits per heavy atom. The lowest BCUT2D eigenvalue weighted by Crippen LogP contribution is -2.24. The number of thiophene rings is 1. The SMILES string of the molecule is Cc1cccc(CNC(=O)C2=Cc3sc4c(c3CS2)CCCC4)c1. The molecule has 0 radical (unpaired) electrons. The van der Waals surface area contributed by atoms with Crippen LogP contribution in [0.25, 0.3) is 6.08 Å². The Kier molecular flexibility index (Phi) is 4.51. The molecular formula is C20H21NOS2. The van der Waals surface area contributed by atoms with Crippen molar-refractivity contribution >= 4 is 35.1 Å². The minimum Gasteiger partial charge on any atom is -0.348 e. The highest BCUT2D eigenvalue weighted by Gasteiger charge is 2.24. The maximum absolute atomic E-state index is 12.5. The second kappa shape index (κ2) is 6.77. The van der Waals surface area contributed by atoms with Crippen molar-refractivity contribution in [1.29, 1.82) is 0 Å². The molecule has 2 heterocycles. The van der Waals surface area contributed by atoms with Gasteiger partial charge in [-0.1, -0.05) is 29.8 Å². The molecular weight excluding hydrogens is 334 g/mol. The first-order valence-corrected chi connectivity index (χ1v) is 10.3. The number of thioether (sulfide) groups is 1. The lowest BCUT2D eigenvalue weighted by atomic mass is 9.95. The third-order valence-electron chi connectivity index (χ3n) is 4.71. The molecule has 4 heteroatoms. The molecule has 1 amide bonds. The molecule has 1 aromatic heterocycles. The number of nitrogens with one attached hydrogen (secondary N) is 1. The Balaban J connectivity index is 1.48. The number of aryl methyl sites for hydroxylation is 2. The second-order valence-corrected chi connectivity index (χ2v) is 8.68. The summed E-state index contributed by atoms with van der Waals surface area (Å²) in [4.78, 5) is 16.2. The van der Waals surface area contributed by atoms with Crippen LogP contribution in [-0.4, -0.2) is 5.91 Å². The number of amides is 1. The molecule has 2 nitrogen and oxygen atoms in total. The van der Waals surface area contributed by atoms with E-state index in [0.717, 1.165) is 16.2 Å². The van der Waals surface area contributed by atoms with Crippen LogP contribution in [-0.2, 0) is 29.9 Å². The van der Waals surface area contributed by atoms with E-state index in [2.05, 4.69) is 36.5 Å². The Morgan fingerprint density at radius 3 is 2.96 bits per heavy atom. The highest BCUT2D eigenvalue weighted by Crippen LogP contribution is 2.42. The second-order valence-electron chi connectivity index (χ2n) is 6.52. The fourth-order valence-electron chi connectivity index (χ4n) is 3.46. The van der Waals surface area contributed by atoms with Crippen molar-refractivity contribution in [2.24, 2.45) is 0 Å². The topological polar surface area (TPSA) is 29.1 Å². The van der Waals surface area contributed by atoms with Gasteiger partial charge in [-0.2, -0.15) is 0 Å². The van der Waals surface area contributed by atoms with Crippen molar-refractivity contribution in [1.82, 2.24) is 5.32 Å². The minimum atomic E-state index is 0.0542. The number of hydrogen-bond acceptors (Lipinski definition) is 3. The van der Waals surface area contributed by atoms with Gasteiger partial charge in [0.1, 0.15) is 0 Å². The van der Waals surface area contributed by atoms with E-state index in [4.69, 9.17) is 0 Å². The number of carbonyl (C=O) groups excluding carboxylic acids is 1. The summed E-state index contributed by atoms with van der Waals surface area (Å²) in [6.07, 6.45) is 7.18. The summed E-state index contributed by atoms with van der Waals surface area (Å²) in [5.74, 6) is 1.00. The standard InChI is InChI=1S/C20H21NOS2/c1-13-5-4-6-14(9-13)11-21-20(22)19-10-18-16(12-23-19)15-7-2-3-8-17(15)24-18/h4-6,9-10H,2-3,7-8,11-12H2,1H3,(H,21,22). The molecule has 0 saturated heterocycles. The van der Waals surface area contributed by atoms with Crippen LogP contribution in [0, 0.1) is 6.92 Å². The van der Waals surface area contributed by atoms with Gasteiger partial charge in [0.25, 0.3) is 5.91 Å². The first kappa shape index (κ1) is 16.0. The fraction of sp³-hybridized carbons (Fsp3) is 0.350. The zero-order chi connectivity index (χ0) is 16.5. The molecule has 1 N–H and O–H groups in total. The van der Waals surface area contributed by atoms with Gasteiger partial charge >= 0.3 is 0 Å². The monoisotopic (exact) mass is 355 g/mol. The van der Waals surface area contributed by atoms with Crippen molar-refractivity contribution in [3.8, 4) is 0 Å². The quantitative estimate of drug-likeness (QED) is 0.853. The lowest BCUT2D eigenvalue weighted by molar-refractivity contribution is -0.116. The first-order chi connectivity index (χ1) is 11.7. The van der Waals surface area contributed by atoms with Crippen molar-refractivity contribution in [2.45, 2.75) is 44.9 Å². The van der Waals surface area contributed by atoms with Crippen LogP contribution in [0.5, 0.6) is 0 Å². The van der Waals surface area contributed by atoms with Gasteiger partial charge in [0.15, 0.2) is 0 Å². The molecule has 1 aliphatic heterocycles. The van der Waals surface area contributed by atoms with Crippen molar-refractivity contribution in [2.75, 3.05) is 0 Å². The van der Waals surface area contributed by atoms with Gasteiger partial charge < -0.3 is 5.32 Å². The van der Waals surface area contributed by atoms with Crippen molar-refractivity contribution in [3.63, 3.8) is 0 Å². The highest BCUT2D eigenvalue weighted by molar-refractivity contribution is 8.03. The summed E-state index contributed by atoms with van der Waals surface area (Å²) in [7, 11) is 0. The number of fused-ring (bicyclic) bond motifs is 3. The largest absolute Gasteiger partial charge is 0.348 e. The molecule has 2 aliphatic rings. The number of carbonyl (C=O) groups is 1. The highest BCUT2D eigenvalue weighted by atomic mass is 32.2. The molecule has 4 rings (SSSR count). The van der Waals surface area contributed by atoms with E-state index in [-0.39, 0.29) is 5.91 Å². The first-order valence-electron chi connectivity index (χ1n) is 8.52. The van der Waals surface area contributed by atoms with Gasteiger partial charge in [-0.15, -0.1) is 23.1 Å². The molecule has 24 heavy (non-hydrogen) atoms. The summed E-state index contributed by atoms with van der Waals surface area (Å²) in [5.41, 5.74) is 5.46. The lowest BCUT2D eigenvalue weighted by Gasteiger charge is -2.16. The molecule has 0 atom stereocenters. The van der Waals surface area contributed by atoms with Gasteiger partial charge in [-0.25, -0.2) is 0 Å². The number of benzene rings is 1. The number of rotatable bonds is 3. The van der Waals surface area contributed by atoms with Gasteiger partial charge in [-0.3, -0.25) is 4.79 Å². The van der Waals surface area contributed by atoms with Crippen molar-refractivity contribution in [3.05, 3.63) is 61.2 Å².